The van der Waals surface area contributed by atoms with E-state index in [1.54, 1.807) is 0 Å². The Morgan fingerprint density at radius 1 is 0.652 bits per heavy atom. The molecule has 2 unspecified atom stereocenters. The molecule has 0 saturated carbocycles. The van der Waals surface area contributed by atoms with Gasteiger partial charge in [-0.3, -0.25) is 0 Å². The summed E-state index contributed by atoms with van der Waals surface area (Å²) in [4.78, 5) is 19.1. The third kappa shape index (κ3) is 18.8. The molecule has 2 N–H and O–H groups in total. The van der Waals surface area contributed by atoms with Gasteiger partial charge in [-0.25, -0.2) is 4.31 Å². The summed E-state index contributed by atoms with van der Waals surface area (Å²) >= 11 is 0. The van der Waals surface area contributed by atoms with Gasteiger partial charge in [-0.05, 0) is 24.7 Å². The molecule has 0 saturated heterocycles. The minimum Gasteiger partial charge on any atom is -0.328 e. The topological polar surface area (TPSA) is 68.2 Å². The van der Waals surface area contributed by atoms with E-state index in [0.717, 1.165) is 37.5 Å². The van der Waals surface area contributed by atoms with Crippen molar-refractivity contribution in [1.29, 1.82) is 0 Å². The van der Waals surface area contributed by atoms with Crippen molar-refractivity contribution in [3.05, 3.63) is 0 Å². The Labute approximate surface area is 145 Å². The van der Waals surface area contributed by atoms with E-state index < -0.39 is 17.2 Å². The van der Waals surface area contributed by atoms with Crippen LogP contribution in [0.2, 0.25) is 0 Å². The lowest BCUT2D eigenvalue weighted by atomic mass is 10.1. The van der Waals surface area contributed by atoms with Gasteiger partial charge in [0.05, 0.1) is 13.2 Å². The molecule has 0 aliphatic carbocycles. The first-order valence-electron chi connectivity index (χ1n) is 8.83. The second kappa shape index (κ2) is 16.1. The maximum atomic E-state index is 9.56. The molecule has 0 fully saturated rings. The minimum atomic E-state index is -2.04. The molecule has 0 aromatic heterocycles. The molecule has 0 rings (SSSR count). The third-order valence-corrected chi connectivity index (χ3v) is 5.32. The molecule has 0 spiro atoms. The van der Waals surface area contributed by atoms with Crippen molar-refractivity contribution in [1.82, 2.24) is 0 Å². The SMILES string of the molecule is CC(C)CCCCCOP(O)OP(O)OCCCCCC(C)C. The van der Waals surface area contributed by atoms with E-state index in [4.69, 9.17) is 13.4 Å². The Hall–Kier alpha value is 0.660. The van der Waals surface area contributed by atoms with E-state index in [0.29, 0.717) is 13.2 Å². The Morgan fingerprint density at radius 2 is 1.04 bits per heavy atom. The van der Waals surface area contributed by atoms with Crippen LogP contribution in [0.5, 0.6) is 0 Å². The second-order valence-corrected chi connectivity index (χ2v) is 8.83. The lowest BCUT2D eigenvalue weighted by Crippen LogP contribution is -1.95. The molecule has 0 amide bonds. The highest BCUT2D eigenvalue weighted by molar-refractivity contribution is 7.54. The molecule has 23 heavy (non-hydrogen) atoms. The Balaban J connectivity index is 3.39. The van der Waals surface area contributed by atoms with Crippen LogP contribution in [0.4, 0.5) is 0 Å². The van der Waals surface area contributed by atoms with E-state index in [1.165, 1.54) is 25.7 Å². The van der Waals surface area contributed by atoms with Crippen LogP contribution in [0.3, 0.4) is 0 Å². The highest BCUT2D eigenvalue weighted by atomic mass is 31.2. The molecule has 140 valence electrons. The fraction of sp³-hybridized carbons (Fsp3) is 1.00. The van der Waals surface area contributed by atoms with Crippen LogP contribution >= 0.6 is 17.2 Å². The molecule has 0 aliphatic heterocycles. The summed E-state index contributed by atoms with van der Waals surface area (Å²) in [6, 6.07) is 0. The van der Waals surface area contributed by atoms with Crippen molar-refractivity contribution >= 4 is 17.2 Å². The van der Waals surface area contributed by atoms with Crippen molar-refractivity contribution in [3.63, 3.8) is 0 Å². The third-order valence-electron chi connectivity index (χ3n) is 3.39. The first kappa shape index (κ1) is 23.7. The monoisotopic (exact) mass is 370 g/mol. The molecule has 0 bridgehead atoms. The molecule has 0 heterocycles. The maximum Gasteiger partial charge on any atom is 0.337 e. The largest absolute Gasteiger partial charge is 0.337 e. The fourth-order valence-electron chi connectivity index (χ4n) is 2.06. The van der Waals surface area contributed by atoms with Gasteiger partial charge in [0.1, 0.15) is 0 Å². The molecule has 2 atom stereocenters. The average molecular weight is 370 g/mol. The van der Waals surface area contributed by atoms with Crippen molar-refractivity contribution in [2.24, 2.45) is 11.8 Å². The molecule has 0 aliphatic rings. The molecule has 5 nitrogen and oxygen atoms in total. The Kier molecular flexibility index (Phi) is 16.6. The van der Waals surface area contributed by atoms with Crippen molar-refractivity contribution in [2.45, 2.75) is 79.1 Å². The van der Waals surface area contributed by atoms with Gasteiger partial charge in [-0.15, -0.1) is 0 Å². The van der Waals surface area contributed by atoms with Crippen LogP contribution in [0.25, 0.3) is 0 Å². The lowest BCUT2D eigenvalue weighted by Gasteiger charge is -2.14. The highest BCUT2D eigenvalue weighted by Gasteiger charge is 2.16. The molecular weight excluding hydrogens is 334 g/mol. The van der Waals surface area contributed by atoms with Crippen molar-refractivity contribution in [3.8, 4) is 0 Å². The number of hydrogen-bond acceptors (Lipinski definition) is 5. The van der Waals surface area contributed by atoms with E-state index in [9.17, 15) is 9.79 Å². The molecule has 0 radical (unpaired) electrons. The second-order valence-electron chi connectivity index (χ2n) is 6.71. The average Bonchev–Trinajstić information content (AvgIpc) is 2.45. The van der Waals surface area contributed by atoms with Crippen molar-refractivity contribution in [2.75, 3.05) is 13.2 Å². The van der Waals surface area contributed by atoms with Gasteiger partial charge >= 0.3 is 17.2 Å². The molecule has 7 heteroatoms. The maximum absolute atomic E-state index is 9.56. The smallest absolute Gasteiger partial charge is 0.328 e. The molecular formula is C16H36O5P2. The lowest BCUT2D eigenvalue weighted by molar-refractivity contribution is 0.215. The zero-order chi connectivity index (χ0) is 17.5. The van der Waals surface area contributed by atoms with Gasteiger partial charge in [0.25, 0.3) is 0 Å². The number of hydrogen-bond donors (Lipinski definition) is 2. The van der Waals surface area contributed by atoms with Gasteiger partial charge in [0, 0.05) is 0 Å². The summed E-state index contributed by atoms with van der Waals surface area (Å²) in [5.41, 5.74) is 0. The van der Waals surface area contributed by atoms with Gasteiger partial charge in [0.2, 0.25) is 0 Å². The zero-order valence-electron chi connectivity index (χ0n) is 15.2. The summed E-state index contributed by atoms with van der Waals surface area (Å²) in [7, 11) is -4.07. The first-order chi connectivity index (χ1) is 10.9. The van der Waals surface area contributed by atoms with Crippen molar-refractivity contribution < 1.29 is 23.1 Å². The molecule has 0 aromatic carbocycles. The first-order valence-corrected chi connectivity index (χ1v) is 11.1. The van der Waals surface area contributed by atoms with Crippen LogP contribution in [0.1, 0.15) is 79.1 Å². The number of rotatable bonds is 16. The predicted molar refractivity (Wildman–Crippen MR) is 97.9 cm³/mol. The summed E-state index contributed by atoms with van der Waals surface area (Å²) in [6.45, 7) is 9.77. The normalized spacial score (nSPS) is 14.6. The quantitative estimate of drug-likeness (QED) is 0.261. The van der Waals surface area contributed by atoms with Gasteiger partial charge in [-0.2, -0.15) is 0 Å². The summed E-state index contributed by atoms with van der Waals surface area (Å²) < 4.78 is 15.3. The molecule has 0 aromatic rings. The Bertz CT molecular complexity index is 231. The standard InChI is InChI=1S/C16H36O5P2/c1-15(2)11-7-5-9-13-19-22(17)21-23(18)20-14-10-6-8-12-16(3)4/h15-18H,5-14H2,1-4H3. The van der Waals surface area contributed by atoms with E-state index in [2.05, 4.69) is 27.7 Å². The van der Waals surface area contributed by atoms with Gasteiger partial charge in [-0.1, -0.05) is 66.2 Å². The van der Waals surface area contributed by atoms with E-state index in [1.807, 2.05) is 0 Å². The van der Waals surface area contributed by atoms with Crippen LogP contribution in [-0.2, 0) is 13.4 Å². The summed E-state index contributed by atoms with van der Waals surface area (Å²) in [5, 5.41) is 0. The highest BCUT2D eigenvalue weighted by Crippen LogP contribution is 2.49. The van der Waals surface area contributed by atoms with Gasteiger partial charge in [0.15, 0.2) is 0 Å². The summed E-state index contributed by atoms with van der Waals surface area (Å²) in [5.74, 6) is 1.46. The van der Waals surface area contributed by atoms with Crippen LogP contribution in [0.15, 0.2) is 0 Å². The minimum absolute atomic E-state index is 0.457. The van der Waals surface area contributed by atoms with E-state index in [-0.39, 0.29) is 0 Å². The Morgan fingerprint density at radius 3 is 1.39 bits per heavy atom. The van der Waals surface area contributed by atoms with Crippen LogP contribution < -0.4 is 0 Å². The van der Waals surface area contributed by atoms with Crippen LogP contribution in [0, 0.1) is 11.8 Å². The zero-order valence-corrected chi connectivity index (χ0v) is 17.0. The number of unbranched alkanes of at least 4 members (excludes halogenated alkanes) is 4. The van der Waals surface area contributed by atoms with Crippen LogP contribution in [-0.4, -0.2) is 23.0 Å². The summed E-state index contributed by atoms with van der Waals surface area (Å²) in [6.07, 6.45) is 8.76. The predicted octanol–water partition coefficient (Wildman–Crippen LogP) is 5.91. The fourth-order valence-corrected chi connectivity index (χ4v) is 3.48. The van der Waals surface area contributed by atoms with E-state index >= 15 is 0 Å². The van der Waals surface area contributed by atoms with Gasteiger partial charge < -0.3 is 18.8 Å².